The van der Waals surface area contributed by atoms with Gasteiger partial charge in [-0.15, -0.1) is 0 Å². The fraction of sp³-hybridized carbons (Fsp3) is 0.647. The largest absolute Gasteiger partial charge is 0.496 e. The van der Waals surface area contributed by atoms with Gasteiger partial charge < -0.3 is 10.1 Å². The van der Waals surface area contributed by atoms with Gasteiger partial charge in [0, 0.05) is 11.6 Å². The summed E-state index contributed by atoms with van der Waals surface area (Å²) in [6.45, 7) is 6.33. The average Bonchev–Trinajstić information content (AvgIpc) is 2.40. The molecule has 0 saturated carbocycles. The van der Waals surface area contributed by atoms with Crippen LogP contribution in [-0.2, 0) is 12.1 Å². The molecule has 1 saturated heterocycles. The Balaban J connectivity index is 2.34. The van der Waals surface area contributed by atoms with Crippen LogP contribution < -0.4 is 10.1 Å². The van der Waals surface area contributed by atoms with Gasteiger partial charge in [-0.25, -0.2) is 4.39 Å². The number of ether oxygens (including phenoxy) is 1. The highest BCUT2D eigenvalue weighted by Gasteiger charge is 2.27. The van der Waals surface area contributed by atoms with Gasteiger partial charge in [0.15, 0.2) is 0 Å². The zero-order valence-electron chi connectivity index (χ0n) is 13.1. The molecule has 112 valence electrons. The maximum absolute atomic E-state index is 14.4. The average molecular weight is 279 g/mol. The van der Waals surface area contributed by atoms with Crippen molar-refractivity contribution in [2.45, 2.75) is 58.2 Å². The van der Waals surface area contributed by atoms with Crippen LogP contribution in [0.5, 0.6) is 5.75 Å². The third-order valence-corrected chi connectivity index (χ3v) is 4.20. The van der Waals surface area contributed by atoms with E-state index in [9.17, 15) is 4.39 Å². The number of hydrogen-bond acceptors (Lipinski definition) is 2. The Labute approximate surface area is 121 Å². The van der Waals surface area contributed by atoms with Crippen molar-refractivity contribution < 1.29 is 9.13 Å². The van der Waals surface area contributed by atoms with Gasteiger partial charge in [0.2, 0.25) is 0 Å². The Morgan fingerprint density at radius 1 is 1.35 bits per heavy atom. The molecular formula is C17H26FNO. The molecule has 0 amide bonds. The van der Waals surface area contributed by atoms with Crippen LogP contribution in [0, 0.1) is 6.92 Å². The van der Waals surface area contributed by atoms with Crippen LogP contribution in [0.3, 0.4) is 0 Å². The molecule has 0 spiro atoms. The van der Waals surface area contributed by atoms with E-state index in [1.54, 1.807) is 21.0 Å². The molecule has 0 bridgehead atoms. The van der Waals surface area contributed by atoms with E-state index >= 15 is 0 Å². The minimum Gasteiger partial charge on any atom is -0.496 e. The number of rotatable bonds is 4. The van der Waals surface area contributed by atoms with Crippen molar-refractivity contribution >= 4 is 0 Å². The fourth-order valence-electron chi connectivity index (χ4n) is 3.03. The molecule has 1 unspecified atom stereocenters. The summed E-state index contributed by atoms with van der Waals surface area (Å²) in [5.41, 5.74) is 1.60. The molecule has 1 atom stereocenters. The fourth-order valence-corrected chi connectivity index (χ4v) is 3.03. The predicted molar refractivity (Wildman–Crippen MR) is 81.2 cm³/mol. The van der Waals surface area contributed by atoms with Gasteiger partial charge in [-0.1, -0.05) is 18.6 Å². The Hall–Kier alpha value is -1.09. The minimum atomic E-state index is -1.38. The Kier molecular flexibility index (Phi) is 4.69. The molecule has 0 aromatic heterocycles. The molecular weight excluding hydrogens is 253 g/mol. The van der Waals surface area contributed by atoms with Crippen molar-refractivity contribution in [2.75, 3.05) is 13.7 Å². The first kappa shape index (κ1) is 15.3. The third-order valence-electron chi connectivity index (χ3n) is 4.20. The molecule has 1 aromatic rings. The number of halogens is 1. The molecule has 3 heteroatoms. The second kappa shape index (κ2) is 6.13. The Morgan fingerprint density at radius 3 is 2.65 bits per heavy atom. The van der Waals surface area contributed by atoms with Crippen LogP contribution in [0.2, 0.25) is 0 Å². The van der Waals surface area contributed by atoms with E-state index in [4.69, 9.17) is 4.74 Å². The molecule has 1 aromatic carbocycles. The topological polar surface area (TPSA) is 21.3 Å². The highest BCUT2D eigenvalue weighted by molar-refractivity contribution is 5.49. The van der Waals surface area contributed by atoms with Gasteiger partial charge in [-0.05, 0) is 57.7 Å². The number of alkyl halides is 1. The van der Waals surface area contributed by atoms with Crippen molar-refractivity contribution in [3.05, 3.63) is 28.8 Å². The van der Waals surface area contributed by atoms with Crippen molar-refractivity contribution in [3.8, 4) is 5.75 Å². The summed E-state index contributed by atoms with van der Waals surface area (Å²) in [5.74, 6) is 0.727. The summed E-state index contributed by atoms with van der Waals surface area (Å²) in [5, 5.41) is 3.56. The summed E-state index contributed by atoms with van der Waals surface area (Å²) in [7, 11) is 1.64. The van der Waals surface area contributed by atoms with Crippen LogP contribution in [0.25, 0.3) is 0 Å². The van der Waals surface area contributed by atoms with E-state index in [-0.39, 0.29) is 0 Å². The van der Waals surface area contributed by atoms with Gasteiger partial charge in [-0.2, -0.15) is 0 Å². The molecule has 2 nitrogen and oxygen atoms in total. The summed E-state index contributed by atoms with van der Waals surface area (Å²) in [6.07, 6.45) is 4.63. The highest BCUT2D eigenvalue weighted by Crippen LogP contribution is 2.37. The normalized spacial score (nSPS) is 19.9. The van der Waals surface area contributed by atoms with Crippen molar-refractivity contribution in [3.63, 3.8) is 0 Å². The lowest BCUT2D eigenvalue weighted by molar-refractivity contribution is 0.213. The summed E-state index contributed by atoms with van der Waals surface area (Å²) in [6, 6.07) is 4.35. The van der Waals surface area contributed by atoms with Gasteiger partial charge in [0.05, 0.1) is 7.11 Å². The molecule has 1 N–H and O–H groups in total. The number of piperidine rings is 1. The molecule has 1 aliphatic heterocycles. The Bertz CT molecular complexity index is 459. The van der Waals surface area contributed by atoms with Crippen molar-refractivity contribution in [1.82, 2.24) is 5.32 Å². The summed E-state index contributed by atoms with van der Waals surface area (Å²) < 4.78 is 19.9. The summed E-state index contributed by atoms with van der Waals surface area (Å²) in [4.78, 5) is 0. The van der Waals surface area contributed by atoms with E-state index in [1.807, 2.05) is 12.1 Å². The molecule has 1 heterocycles. The van der Waals surface area contributed by atoms with Crippen LogP contribution in [-0.4, -0.2) is 19.7 Å². The Morgan fingerprint density at radius 2 is 2.10 bits per heavy atom. The van der Waals surface area contributed by atoms with Crippen LogP contribution in [0.1, 0.15) is 49.8 Å². The number of methoxy groups -OCH3 is 1. The molecule has 1 fully saturated rings. The molecule has 0 radical (unpaired) electrons. The second-order valence-corrected chi connectivity index (χ2v) is 6.27. The number of benzene rings is 1. The van der Waals surface area contributed by atoms with E-state index in [1.165, 1.54) is 24.8 Å². The van der Waals surface area contributed by atoms with Crippen LogP contribution in [0.15, 0.2) is 12.1 Å². The lowest BCUT2D eigenvalue weighted by Crippen LogP contribution is -2.36. The molecule has 0 aliphatic carbocycles. The van der Waals surface area contributed by atoms with Gasteiger partial charge in [-0.3, -0.25) is 0 Å². The zero-order valence-corrected chi connectivity index (χ0v) is 13.1. The minimum absolute atomic E-state index is 0.481. The van der Waals surface area contributed by atoms with Crippen LogP contribution >= 0.6 is 0 Å². The maximum atomic E-state index is 14.4. The number of aryl methyl sites for hydroxylation is 1. The first-order valence-corrected chi connectivity index (χ1v) is 7.52. The number of nitrogens with one attached hydrogen (secondary N) is 1. The van der Waals surface area contributed by atoms with Gasteiger partial charge >= 0.3 is 0 Å². The maximum Gasteiger partial charge on any atom is 0.134 e. The van der Waals surface area contributed by atoms with Crippen molar-refractivity contribution in [1.29, 1.82) is 0 Å². The molecule has 1 aliphatic rings. The van der Waals surface area contributed by atoms with Crippen molar-refractivity contribution in [2.24, 2.45) is 0 Å². The SMILES string of the molecule is COc1c(C(C)(C)F)ccc(C)c1CC1CCCCN1. The lowest BCUT2D eigenvalue weighted by atomic mass is 9.89. The second-order valence-electron chi connectivity index (χ2n) is 6.27. The van der Waals surface area contributed by atoms with Gasteiger partial charge in [0.25, 0.3) is 0 Å². The van der Waals surface area contributed by atoms with E-state index in [2.05, 4.69) is 12.2 Å². The molecule has 20 heavy (non-hydrogen) atoms. The smallest absolute Gasteiger partial charge is 0.134 e. The molecule has 2 rings (SSSR count). The highest BCUT2D eigenvalue weighted by atomic mass is 19.1. The third kappa shape index (κ3) is 3.32. The van der Waals surface area contributed by atoms with E-state index < -0.39 is 5.67 Å². The summed E-state index contributed by atoms with van der Waals surface area (Å²) >= 11 is 0. The first-order chi connectivity index (χ1) is 9.43. The standard InChI is InChI=1S/C17H26FNO/c1-12-8-9-15(17(2,3)18)16(20-4)14(12)11-13-7-5-6-10-19-13/h8-9,13,19H,5-7,10-11H2,1-4H3. The van der Waals surface area contributed by atoms with Gasteiger partial charge in [0.1, 0.15) is 11.4 Å². The van der Waals surface area contributed by atoms with E-state index in [0.717, 1.165) is 24.3 Å². The monoisotopic (exact) mass is 279 g/mol. The first-order valence-electron chi connectivity index (χ1n) is 7.52. The zero-order chi connectivity index (χ0) is 14.8. The van der Waals surface area contributed by atoms with E-state index in [0.29, 0.717) is 11.6 Å². The number of hydrogen-bond donors (Lipinski definition) is 1. The van der Waals surface area contributed by atoms with Crippen LogP contribution in [0.4, 0.5) is 4.39 Å². The predicted octanol–water partition coefficient (Wildman–Crippen LogP) is 3.89. The quantitative estimate of drug-likeness (QED) is 0.902. The lowest BCUT2D eigenvalue weighted by Gasteiger charge is -2.27.